The van der Waals surface area contributed by atoms with Crippen LogP contribution in [-0.2, 0) is 20.9 Å². The van der Waals surface area contributed by atoms with Gasteiger partial charge in [-0.25, -0.2) is 4.68 Å². The van der Waals surface area contributed by atoms with Crippen molar-refractivity contribution in [3.63, 3.8) is 0 Å². The van der Waals surface area contributed by atoms with Crippen molar-refractivity contribution in [2.24, 2.45) is 0 Å². The highest BCUT2D eigenvalue weighted by Crippen LogP contribution is 2.39. The molecule has 0 spiro atoms. The molecular formula is C22H21ClN4O4. The summed E-state index contributed by atoms with van der Waals surface area (Å²) >= 11 is 6.03. The quantitative estimate of drug-likeness (QED) is 0.581. The third-order valence-corrected chi connectivity index (χ3v) is 5.22. The van der Waals surface area contributed by atoms with Crippen molar-refractivity contribution in [1.29, 1.82) is 0 Å². The monoisotopic (exact) mass is 440 g/mol. The molecule has 2 heterocycles. The Kier molecular flexibility index (Phi) is 5.92. The molecule has 1 aliphatic rings. The molecule has 2 aromatic carbocycles. The average molecular weight is 441 g/mol. The molecule has 1 unspecified atom stereocenters. The smallest absolute Gasteiger partial charge is 0.251 e. The fraction of sp³-hybridized carbons (Fsp3) is 0.227. The van der Waals surface area contributed by atoms with E-state index in [1.807, 2.05) is 30.3 Å². The lowest BCUT2D eigenvalue weighted by atomic mass is 10.1. The molecule has 0 fully saturated rings. The number of aromatic nitrogens is 2. The van der Waals surface area contributed by atoms with E-state index in [1.165, 1.54) is 7.11 Å². The zero-order valence-corrected chi connectivity index (χ0v) is 17.8. The Balaban J connectivity index is 1.62. The number of methoxy groups -OCH3 is 2. The Morgan fingerprint density at radius 3 is 2.71 bits per heavy atom. The second-order valence-electron chi connectivity index (χ2n) is 7.02. The molecule has 4 rings (SSSR count). The van der Waals surface area contributed by atoms with E-state index in [0.717, 1.165) is 11.1 Å². The fourth-order valence-corrected chi connectivity index (χ4v) is 3.79. The normalized spacial score (nSPS) is 14.8. The van der Waals surface area contributed by atoms with Gasteiger partial charge in [0.05, 0.1) is 31.5 Å². The number of rotatable bonds is 7. The number of nitrogens with one attached hydrogen (secondary N) is 2. The maximum Gasteiger partial charge on any atom is 0.251 e. The van der Waals surface area contributed by atoms with Gasteiger partial charge in [-0.2, -0.15) is 5.10 Å². The molecule has 1 aliphatic heterocycles. The molecule has 0 aliphatic carbocycles. The Bertz CT molecular complexity index is 1130. The third kappa shape index (κ3) is 4.12. The summed E-state index contributed by atoms with van der Waals surface area (Å²) in [5.74, 6) is 0.374. The van der Waals surface area contributed by atoms with E-state index in [9.17, 15) is 9.59 Å². The summed E-state index contributed by atoms with van der Waals surface area (Å²) in [6.45, 7) is 0.277. The Hall–Kier alpha value is -3.36. The van der Waals surface area contributed by atoms with Gasteiger partial charge in [-0.1, -0.05) is 41.9 Å². The van der Waals surface area contributed by atoms with Crippen LogP contribution in [0.4, 0.5) is 11.5 Å². The van der Waals surface area contributed by atoms with Gasteiger partial charge in [-0.15, -0.1) is 0 Å². The molecule has 1 aromatic heterocycles. The number of halogens is 1. The van der Waals surface area contributed by atoms with Crippen LogP contribution < -0.4 is 15.4 Å². The summed E-state index contributed by atoms with van der Waals surface area (Å²) < 4.78 is 12.1. The van der Waals surface area contributed by atoms with Gasteiger partial charge in [0.2, 0.25) is 5.91 Å². The lowest BCUT2D eigenvalue weighted by Gasteiger charge is -2.13. The Labute approximate surface area is 184 Å². The standard InChI is InChI=1S/C22H21ClN4O4/c1-30-12-16-20(13-6-4-3-5-7-13)21-25-22(29)17(27(21)26-16)11-19(28)24-15-10-14(23)8-9-18(15)31-2/h3-10,17H,11-12H2,1-2H3,(H,24,28)(H,25,29). The molecule has 0 bridgehead atoms. The molecule has 2 N–H and O–H groups in total. The number of carbonyl (C=O) groups is 2. The molecule has 31 heavy (non-hydrogen) atoms. The zero-order valence-electron chi connectivity index (χ0n) is 17.0. The van der Waals surface area contributed by atoms with Crippen molar-refractivity contribution >= 4 is 34.9 Å². The van der Waals surface area contributed by atoms with E-state index in [2.05, 4.69) is 15.7 Å². The van der Waals surface area contributed by atoms with Crippen molar-refractivity contribution in [3.05, 3.63) is 59.2 Å². The minimum Gasteiger partial charge on any atom is -0.495 e. The predicted molar refractivity (Wildman–Crippen MR) is 117 cm³/mol. The van der Waals surface area contributed by atoms with E-state index in [-0.39, 0.29) is 24.8 Å². The highest BCUT2D eigenvalue weighted by Gasteiger charge is 2.37. The van der Waals surface area contributed by atoms with Crippen LogP contribution in [0.15, 0.2) is 48.5 Å². The number of benzene rings is 2. The molecule has 0 radical (unpaired) electrons. The van der Waals surface area contributed by atoms with E-state index in [4.69, 9.17) is 21.1 Å². The SMILES string of the molecule is COCc1nn2c(c1-c1ccccc1)NC(=O)C2CC(=O)Nc1cc(Cl)ccc1OC. The first-order valence-corrected chi connectivity index (χ1v) is 9.99. The van der Waals surface area contributed by atoms with Crippen molar-refractivity contribution in [1.82, 2.24) is 9.78 Å². The number of anilines is 2. The van der Waals surface area contributed by atoms with E-state index < -0.39 is 6.04 Å². The minimum atomic E-state index is -0.784. The number of fused-ring (bicyclic) bond motifs is 1. The van der Waals surface area contributed by atoms with Crippen LogP contribution in [0.3, 0.4) is 0 Å². The molecule has 0 saturated carbocycles. The summed E-state index contributed by atoms with van der Waals surface area (Å²) in [4.78, 5) is 25.4. The lowest BCUT2D eigenvalue weighted by molar-refractivity contribution is -0.123. The first kappa shape index (κ1) is 20.9. The molecule has 9 heteroatoms. The second-order valence-corrected chi connectivity index (χ2v) is 7.45. The number of hydrogen-bond donors (Lipinski definition) is 2. The average Bonchev–Trinajstić information content (AvgIpc) is 3.24. The Morgan fingerprint density at radius 2 is 2.00 bits per heavy atom. The van der Waals surface area contributed by atoms with Crippen molar-refractivity contribution in [3.8, 4) is 16.9 Å². The van der Waals surface area contributed by atoms with Crippen LogP contribution in [0.1, 0.15) is 18.2 Å². The van der Waals surface area contributed by atoms with Gasteiger partial charge >= 0.3 is 0 Å². The van der Waals surface area contributed by atoms with Gasteiger partial charge < -0.3 is 20.1 Å². The van der Waals surface area contributed by atoms with Gasteiger partial charge in [0.1, 0.15) is 17.6 Å². The highest BCUT2D eigenvalue weighted by molar-refractivity contribution is 6.31. The Morgan fingerprint density at radius 1 is 1.23 bits per heavy atom. The number of nitrogens with zero attached hydrogens (tertiary/aromatic N) is 2. The second kappa shape index (κ2) is 8.79. The summed E-state index contributed by atoms with van der Waals surface area (Å²) in [6, 6.07) is 13.8. The molecule has 3 aromatic rings. The zero-order chi connectivity index (χ0) is 22.0. The molecule has 1 atom stereocenters. The minimum absolute atomic E-state index is 0.100. The van der Waals surface area contributed by atoms with Crippen molar-refractivity contribution in [2.45, 2.75) is 19.1 Å². The van der Waals surface area contributed by atoms with Crippen molar-refractivity contribution < 1.29 is 19.1 Å². The summed E-state index contributed by atoms with van der Waals surface area (Å²) in [5.41, 5.74) is 2.81. The maximum atomic E-state index is 12.7. The van der Waals surface area contributed by atoms with Crippen molar-refractivity contribution in [2.75, 3.05) is 24.9 Å². The number of hydrogen-bond acceptors (Lipinski definition) is 5. The summed E-state index contributed by atoms with van der Waals surface area (Å²) in [7, 11) is 3.09. The van der Waals surface area contributed by atoms with Gasteiger partial charge in [0, 0.05) is 17.7 Å². The topological polar surface area (TPSA) is 94.5 Å². The first-order chi connectivity index (χ1) is 15.0. The molecular weight excluding hydrogens is 420 g/mol. The predicted octanol–water partition coefficient (Wildman–Crippen LogP) is 3.88. The van der Waals surface area contributed by atoms with Crippen LogP contribution in [0.25, 0.3) is 11.1 Å². The third-order valence-electron chi connectivity index (χ3n) is 4.98. The summed E-state index contributed by atoms with van der Waals surface area (Å²) in [6.07, 6.45) is -0.100. The molecule has 160 valence electrons. The van der Waals surface area contributed by atoms with Crippen LogP contribution in [0.5, 0.6) is 5.75 Å². The largest absolute Gasteiger partial charge is 0.495 e. The van der Waals surface area contributed by atoms with E-state index >= 15 is 0 Å². The lowest BCUT2D eigenvalue weighted by Crippen LogP contribution is -2.24. The molecule has 0 saturated heterocycles. The van der Waals surface area contributed by atoms with Gasteiger partial charge in [-0.05, 0) is 23.8 Å². The number of ether oxygens (including phenoxy) is 2. The number of carbonyl (C=O) groups excluding carboxylic acids is 2. The fourth-order valence-electron chi connectivity index (χ4n) is 3.62. The van der Waals surface area contributed by atoms with E-state index in [1.54, 1.807) is 30.0 Å². The van der Waals surface area contributed by atoms with Gasteiger partial charge in [0.25, 0.3) is 5.91 Å². The van der Waals surface area contributed by atoms with Crippen LogP contribution in [0.2, 0.25) is 5.02 Å². The summed E-state index contributed by atoms with van der Waals surface area (Å²) in [5, 5.41) is 10.7. The van der Waals surface area contributed by atoms with E-state index in [0.29, 0.717) is 28.0 Å². The van der Waals surface area contributed by atoms with Gasteiger partial charge in [0.15, 0.2) is 0 Å². The van der Waals surface area contributed by atoms with Crippen LogP contribution >= 0.6 is 11.6 Å². The number of amides is 2. The molecule has 2 amide bonds. The highest BCUT2D eigenvalue weighted by atomic mass is 35.5. The van der Waals surface area contributed by atoms with Gasteiger partial charge in [-0.3, -0.25) is 9.59 Å². The first-order valence-electron chi connectivity index (χ1n) is 9.61. The maximum absolute atomic E-state index is 12.7. The molecule has 8 nitrogen and oxygen atoms in total. The van der Waals surface area contributed by atoms with Crippen LogP contribution in [0, 0.1) is 0 Å². The van der Waals surface area contributed by atoms with Crippen LogP contribution in [-0.4, -0.2) is 35.8 Å².